The van der Waals surface area contributed by atoms with Crippen LogP contribution in [0.4, 0.5) is 5.69 Å². The van der Waals surface area contributed by atoms with Gasteiger partial charge in [0.15, 0.2) is 5.11 Å². The van der Waals surface area contributed by atoms with E-state index in [1.165, 1.54) is 0 Å². The molecule has 2 unspecified atom stereocenters. The number of furan rings is 1. The molecule has 1 N–H and O–H groups in total. The van der Waals surface area contributed by atoms with E-state index in [0.29, 0.717) is 35.6 Å². The van der Waals surface area contributed by atoms with Crippen LogP contribution in [-0.4, -0.2) is 35.0 Å². The zero-order valence-electron chi connectivity index (χ0n) is 21.0. The van der Waals surface area contributed by atoms with Gasteiger partial charge in [0, 0.05) is 30.4 Å². The summed E-state index contributed by atoms with van der Waals surface area (Å²) in [5, 5.41) is 4.65. The van der Waals surface area contributed by atoms with Gasteiger partial charge in [0.05, 0.1) is 42.2 Å². The van der Waals surface area contributed by atoms with Crippen molar-refractivity contribution < 1.29 is 13.9 Å². The third-order valence-corrected chi connectivity index (χ3v) is 7.27. The number of ether oxygens (including phenoxy) is 2. The summed E-state index contributed by atoms with van der Waals surface area (Å²) in [5.41, 5.74) is 5.23. The van der Waals surface area contributed by atoms with E-state index in [-0.39, 0.29) is 12.1 Å². The molecule has 37 heavy (non-hydrogen) atoms. The SMILES string of the molecule is COCCOc1ccc(N2C(=S)NC(c3ccccn3)C2c2cc(C)n(Cc3ccco3)c2C)cc1Cl. The van der Waals surface area contributed by atoms with Crippen LogP contribution >= 0.6 is 23.8 Å². The molecule has 2 atom stereocenters. The molecular weight excluding hydrogens is 508 g/mol. The predicted octanol–water partition coefficient (Wildman–Crippen LogP) is 6.00. The van der Waals surface area contributed by atoms with Gasteiger partial charge >= 0.3 is 0 Å². The number of rotatable bonds is 9. The van der Waals surface area contributed by atoms with Gasteiger partial charge in [-0.25, -0.2) is 0 Å². The van der Waals surface area contributed by atoms with Gasteiger partial charge in [-0.15, -0.1) is 0 Å². The molecule has 9 heteroatoms. The maximum absolute atomic E-state index is 6.64. The van der Waals surface area contributed by atoms with Crippen molar-refractivity contribution in [3.63, 3.8) is 0 Å². The number of hydrogen-bond acceptors (Lipinski definition) is 5. The molecule has 0 saturated carbocycles. The molecule has 192 valence electrons. The smallest absolute Gasteiger partial charge is 0.174 e. The molecule has 4 aromatic rings. The highest BCUT2D eigenvalue weighted by Crippen LogP contribution is 2.44. The Labute approximate surface area is 227 Å². The first-order valence-corrected chi connectivity index (χ1v) is 12.9. The molecule has 1 aliphatic rings. The second-order valence-electron chi connectivity index (χ2n) is 8.94. The van der Waals surface area contributed by atoms with Crippen LogP contribution < -0.4 is 15.0 Å². The van der Waals surface area contributed by atoms with Gasteiger partial charge in [0.25, 0.3) is 0 Å². The number of anilines is 1. The number of benzene rings is 1. The zero-order valence-corrected chi connectivity index (χ0v) is 22.6. The lowest BCUT2D eigenvalue weighted by Crippen LogP contribution is -2.29. The molecule has 0 spiro atoms. The largest absolute Gasteiger partial charge is 0.490 e. The lowest BCUT2D eigenvalue weighted by atomic mass is 9.96. The number of nitrogens with zero attached hydrogens (tertiary/aromatic N) is 3. The zero-order chi connectivity index (χ0) is 25.9. The van der Waals surface area contributed by atoms with E-state index in [9.17, 15) is 0 Å². The van der Waals surface area contributed by atoms with Crippen LogP contribution in [0.2, 0.25) is 5.02 Å². The summed E-state index contributed by atoms with van der Waals surface area (Å²) in [6.07, 6.45) is 3.51. The molecule has 7 nitrogen and oxygen atoms in total. The van der Waals surface area contributed by atoms with Crippen LogP contribution in [0.5, 0.6) is 5.75 Å². The molecular formula is C28H29ClN4O3S. The van der Waals surface area contributed by atoms with Gasteiger partial charge in [-0.2, -0.15) is 0 Å². The van der Waals surface area contributed by atoms with Crippen molar-refractivity contribution >= 4 is 34.6 Å². The van der Waals surface area contributed by atoms with Crippen LogP contribution in [0, 0.1) is 13.8 Å². The van der Waals surface area contributed by atoms with Gasteiger partial charge in [0.1, 0.15) is 18.1 Å². The highest BCUT2D eigenvalue weighted by Gasteiger charge is 2.42. The minimum Gasteiger partial charge on any atom is -0.490 e. The Morgan fingerprint density at radius 3 is 2.68 bits per heavy atom. The molecule has 1 saturated heterocycles. The quantitative estimate of drug-likeness (QED) is 0.208. The van der Waals surface area contributed by atoms with E-state index in [4.69, 9.17) is 37.7 Å². The Morgan fingerprint density at radius 2 is 1.97 bits per heavy atom. The number of aryl methyl sites for hydroxylation is 1. The van der Waals surface area contributed by atoms with Crippen molar-refractivity contribution in [2.24, 2.45) is 0 Å². The first-order chi connectivity index (χ1) is 18.0. The van der Waals surface area contributed by atoms with E-state index in [1.807, 2.05) is 54.7 Å². The monoisotopic (exact) mass is 536 g/mol. The van der Waals surface area contributed by atoms with Crippen LogP contribution in [0.1, 0.15) is 40.5 Å². The Hall–Kier alpha value is -3.33. The molecule has 5 rings (SSSR count). The van der Waals surface area contributed by atoms with E-state index in [0.717, 1.165) is 34.1 Å². The maximum Gasteiger partial charge on any atom is 0.174 e. The third-order valence-electron chi connectivity index (χ3n) is 6.66. The standard InChI is InChI=1S/C28H29ClN4O3S/c1-18-15-22(19(2)32(18)17-21-7-6-12-35-21)27-26(24-8-4-5-11-30-24)31-28(37)33(27)20-9-10-25(23(29)16-20)36-14-13-34-3/h4-12,15-16,26-27H,13-14,17H2,1-3H3,(H,31,37). The van der Waals surface area contributed by atoms with Crippen molar-refractivity contribution in [1.29, 1.82) is 0 Å². The number of halogens is 1. The Morgan fingerprint density at radius 1 is 1.11 bits per heavy atom. The second-order valence-corrected chi connectivity index (χ2v) is 9.74. The van der Waals surface area contributed by atoms with Crippen molar-refractivity contribution in [2.45, 2.75) is 32.5 Å². The first kappa shape index (κ1) is 25.3. The molecule has 1 aromatic carbocycles. The molecule has 3 aromatic heterocycles. The summed E-state index contributed by atoms with van der Waals surface area (Å²) in [4.78, 5) is 6.79. The fourth-order valence-corrected chi connectivity index (χ4v) is 5.44. The average Bonchev–Trinajstić information content (AvgIpc) is 3.60. The summed E-state index contributed by atoms with van der Waals surface area (Å²) < 4.78 is 18.7. The van der Waals surface area contributed by atoms with Gasteiger partial charge < -0.3 is 28.7 Å². The van der Waals surface area contributed by atoms with Crippen LogP contribution in [0.15, 0.2) is 71.5 Å². The van der Waals surface area contributed by atoms with E-state index in [2.05, 4.69) is 39.7 Å². The number of aromatic nitrogens is 2. The molecule has 0 radical (unpaired) electrons. The lowest BCUT2D eigenvalue weighted by Gasteiger charge is -2.28. The third kappa shape index (κ3) is 5.09. The highest BCUT2D eigenvalue weighted by molar-refractivity contribution is 7.80. The minimum atomic E-state index is -0.150. The summed E-state index contributed by atoms with van der Waals surface area (Å²) >= 11 is 12.5. The summed E-state index contributed by atoms with van der Waals surface area (Å²) in [6.45, 7) is 5.82. The number of pyridine rings is 1. The minimum absolute atomic E-state index is 0.143. The Kier molecular flexibility index (Phi) is 7.50. The molecule has 0 aliphatic carbocycles. The molecule has 1 fully saturated rings. The first-order valence-electron chi connectivity index (χ1n) is 12.1. The van der Waals surface area contributed by atoms with Gasteiger partial charge in [-0.3, -0.25) is 4.98 Å². The van der Waals surface area contributed by atoms with E-state index >= 15 is 0 Å². The predicted molar refractivity (Wildman–Crippen MR) is 148 cm³/mol. The highest BCUT2D eigenvalue weighted by atomic mass is 35.5. The van der Waals surface area contributed by atoms with Crippen molar-refractivity contribution in [2.75, 3.05) is 25.2 Å². The van der Waals surface area contributed by atoms with E-state index in [1.54, 1.807) is 13.4 Å². The van der Waals surface area contributed by atoms with Crippen molar-refractivity contribution in [1.82, 2.24) is 14.9 Å². The van der Waals surface area contributed by atoms with E-state index < -0.39 is 0 Å². The van der Waals surface area contributed by atoms with Crippen LogP contribution in [0.25, 0.3) is 0 Å². The van der Waals surface area contributed by atoms with Crippen molar-refractivity contribution in [3.05, 3.63) is 100 Å². The van der Waals surface area contributed by atoms with Gasteiger partial charge in [-0.1, -0.05) is 17.7 Å². The Bertz CT molecular complexity index is 1370. The fourth-order valence-electron chi connectivity index (χ4n) is 4.87. The molecule has 0 amide bonds. The molecule has 0 bridgehead atoms. The molecule has 4 heterocycles. The normalized spacial score (nSPS) is 17.3. The number of methoxy groups -OCH3 is 1. The fraction of sp³-hybridized carbons (Fsp3) is 0.286. The Balaban J connectivity index is 1.56. The number of nitrogens with one attached hydrogen (secondary N) is 1. The summed E-state index contributed by atoms with van der Waals surface area (Å²) in [7, 11) is 1.64. The lowest BCUT2D eigenvalue weighted by molar-refractivity contribution is 0.146. The van der Waals surface area contributed by atoms with Gasteiger partial charge in [0.2, 0.25) is 0 Å². The topological polar surface area (TPSA) is 64.7 Å². The summed E-state index contributed by atoms with van der Waals surface area (Å²) in [5.74, 6) is 1.51. The number of hydrogen-bond donors (Lipinski definition) is 1. The van der Waals surface area contributed by atoms with Crippen LogP contribution in [-0.2, 0) is 11.3 Å². The second kappa shape index (κ2) is 11.0. The average molecular weight is 537 g/mol. The maximum atomic E-state index is 6.64. The summed E-state index contributed by atoms with van der Waals surface area (Å²) in [6, 6.07) is 17.5. The molecule has 1 aliphatic heterocycles. The van der Waals surface area contributed by atoms with Crippen LogP contribution in [0.3, 0.4) is 0 Å². The van der Waals surface area contributed by atoms with Crippen molar-refractivity contribution in [3.8, 4) is 5.75 Å². The van der Waals surface area contributed by atoms with Gasteiger partial charge in [-0.05, 0) is 80.2 Å². The number of thiocarbonyl (C=S) groups is 1.